The summed E-state index contributed by atoms with van der Waals surface area (Å²) < 4.78 is 0.696. The van der Waals surface area contributed by atoms with Crippen LogP contribution in [0.4, 0.5) is 0 Å². The smallest absolute Gasteiger partial charge is 0.243 e. The molecule has 0 saturated heterocycles. The van der Waals surface area contributed by atoms with E-state index in [9.17, 15) is 24.3 Å². The van der Waals surface area contributed by atoms with E-state index in [4.69, 9.17) is 5.73 Å². The average molecular weight is 391 g/mol. The highest BCUT2D eigenvalue weighted by molar-refractivity contribution is 7.80. The van der Waals surface area contributed by atoms with Gasteiger partial charge in [-0.05, 0) is 6.42 Å². The predicted molar refractivity (Wildman–Crippen MR) is 96.9 cm³/mol. The zero-order chi connectivity index (χ0) is 20.3. The van der Waals surface area contributed by atoms with Gasteiger partial charge in [-0.1, -0.05) is 0 Å². The van der Waals surface area contributed by atoms with E-state index in [0.29, 0.717) is 11.0 Å². The third-order valence-corrected chi connectivity index (χ3v) is 3.71. The van der Waals surface area contributed by atoms with Crippen LogP contribution < -0.4 is 26.8 Å². The number of thiol groups is 1. The lowest BCUT2D eigenvalue weighted by molar-refractivity contribution is -0.869. The summed E-state index contributed by atoms with van der Waals surface area (Å²) in [7, 11) is 5.98. The van der Waals surface area contributed by atoms with Gasteiger partial charge in [-0.2, -0.15) is 12.6 Å². The normalized spacial score (nSPS) is 13.4. The van der Waals surface area contributed by atoms with Crippen molar-refractivity contribution in [2.45, 2.75) is 24.9 Å². The van der Waals surface area contributed by atoms with E-state index in [-0.39, 0.29) is 31.0 Å². The van der Waals surface area contributed by atoms with E-state index in [1.165, 1.54) is 0 Å². The Bertz CT molecular complexity index is 509. The maximum absolute atomic E-state index is 12.0. The van der Waals surface area contributed by atoms with E-state index in [0.717, 1.165) is 6.54 Å². The number of nitrogens with zero attached hydrogens (tertiary/aromatic N) is 1. The topological polar surface area (TPSA) is 153 Å². The molecule has 0 aromatic carbocycles. The molecule has 0 spiro atoms. The van der Waals surface area contributed by atoms with Crippen LogP contribution in [0.3, 0.4) is 0 Å². The lowest BCUT2D eigenvalue weighted by Crippen LogP contribution is -2.51. The van der Waals surface area contributed by atoms with Crippen LogP contribution in [0.2, 0.25) is 0 Å². The van der Waals surface area contributed by atoms with Gasteiger partial charge < -0.3 is 36.1 Å². The largest absolute Gasteiger partial charge is 0.548 e. The van der Waals surface area contributed by atoms with Crippen LogP contribution in [-0.4, -0.2) is 86.8 Å². The molecule has 0 bridgehead atoms. The molecule has 0 fully saturated rings. The molecule has 0 rings (SSSR count). The zero-order valence-electron chi connectivity index (χ0n) is 15.4. The molecular formula is C15H29N5O5S. The van der Waals surface area contributed by atoms with Crippen molar-refractivity contribution in [3.63, 3.8) is 0 Å². The van der Waals surface area contributed by atoms with Crippen molar-refractivity contribution in [3.05, 3.63) is 0 Å². The summed E-state index contributed by atoms with van der Waals surface area (Å²) in [5, 5.41) is 18.0. The molecule has 0 aliphatic carbocycles. The number of carbonyl (C=O) groups is 4. The molecule has 26 heavy (non-hydrogen) atoms. The van der Waals surface area contributed by atoms with Gasteiger partial charge >= 0.3 is 0 Å². The molecule has 0 heterocycles. The average Bonchev–Trinajstić information content (AvgIpc) is 2.53. The van der Waals surface area contributed by atoms with E-state index >= 15 is 0 Å². The fourth-order valence-electron chi connectivity index (χ4n) is 1.75. The number of rotatable bonds is 12. The van der Waals surface area contributed by atoms with Crippen LogP contribution in [0.5, 0.6) is 0 Å². The Morgan fingerprint density at radius 1 is 1.12 bits per heavy atom. The van der Waals surface area contributed by atoms with Crippen LogP contribution in [0.15, 0.2) is 0 Å². The van der Waals surface area contributed by atoms with Crippen molar-refractivity contribution in [1.82, 2.24) is 16.0 Å². The first-order valence-corrected chi connectivity index (χ1v) is 8.81. The quantitative estimate of drug-likeness (QED) is 0.170. The van der Waals surface area contributed by atoms with Crippen LogP contribution in [0, 0.1) is 0 Å². The monoisotopic (exact) mass is 391 g/mol. The molecule has 5 N–H and O–H groups in total. The van der Waals surface area contributed by atoms with Gasteiger partial charge in [0.2, 0.25) is 17.7 Å². The Hall–Kier alpha value is -1.85. The summed E-state index contributed by atoms with van der Waals surface area (Å²) in [6, 6.07) is -2.19. The number of aliphatic carboxylic acids is 1. The number of hydrogen-bond acceptors (Lipinski definition) is 7. The second-order valence-corrected chi connectivity index (χ2v) is 7.21. The number of likely N-dealkylation sites (N-methyl/N-ethyl adjacent to an activating group) is 1. The Morgan fingerprint density at radius 3 is 2.23 bits per heavy atom. The van der Waals surface area contributed by atoms with Crippen molar-refractivity contribution in [2.24, 2.45) is 5.73 Å². The van der Waals surface area contributed by atoms with Gasteiger partial charge in [0, 0.05) is 18.2 Å². The van der Waals surface area contributed by atoms with Gasteiger partial charge in [-0.25, -0.2) is 0 Å². The van der Waals surface area contributed by atoms with Crippen LogP contribution >= 0.6 is 12.6 Å². The number of carboxylic acids is 1. The number of carbonyl (C=O) groups excluding carboxylic acids is 4. The minimum absolute atomic E-state index is 0.0211. The van der Waals surface area contributed by atoms with Crippen molar-refractivity contribution in [3.8, 4) is 0 Å². The van der Waals surface area contributed by atoms with E-state index < -0.39 is 29.9 Å². The van der Waals surface area contributed by atoms with Crippen molar-refractivity contribution in [1.29, 1.82) is 0 Å². The highest BCUT2D eigenvalue weighted by atomic mass is 32.1. The molecule has 10 nitrogen and oxygen atoms in total. The molecular weight excluding hydrogens is 362 g/mol. The van der Waals surface area contributed by atoms with Gasteiger partial charge in [0.15, 0.2) is 0 Å². The van der Waals surface area contributed by atoms with Crippen LogP contribution in [-0.2, 0) is 19.2 Å². The highest BCUT2D eigenvalue weighted by Crippen LogP contribution is 1.96. The van der Waals surface area contributed by atoms with Crippen LogP contribution in [0.1, 0.15) is 12.8 Å². The predicted octanol–water partition coefficient (Wildman–Crippen LogP) is -3.80. The first-order chi connectivity index (χ1) is 12.0. The lowest BCUT2D eigenvalue weighted by Gasteiger charge is -2.23. The Kier molecular flexibility index (Phi) is 10.9. The Morgan fingerprint density at radius 2 is 1.73 bits per heavy atom. The number of amides is 3. The summed E-state index contributed by atoms with van der Waals surface area (Å²) in [6.45, 7) is 0.998. The Labute approximate surface area is 158 Å². The molecule has 3 amide bonds. The fourth-order valence-corrected chi connectivity index (χ4v) is 2.01. The minimum Gasteiger partial charge on any atom is -0.548 e. The number of nitrogens with two attached hydrogens (primary N) is 1. The molecule has 2 atom stereocenters. The van der Waals surface area contributed by atoms with E-state index in [2.05, 4.69) is 28.6 Å². The molecule has 11 heteroatoms. The van der Waals surface area contributed by atoms with Crippen LogP contribution in [0.25, 0.3) is 0 Å². The molecule has 0 aliphatic heterocycles. The minimum atomic E-state index is -1.45. The van der Waals surface area contributed by atoms with E-state index in [1.807, 2.05) is 21.1 Å². The molecule has 150 valence electrons. The second kappa shape index (κ2) is 11.7. The molecule has 0 aromatic rings. The lowest BCUT2D eigenvalue weighted by atomic mass is 10.1. The van der Waals surface area contributed by atoms with Crippen molar-refractivity contribution in [2.75, 3.05) is 46.5 Å². The summed E-state index contributed by atoms with van der Waals surface area (Å²) in [6.07, 6.45) is -0.276. The number of hydrogen-bond donors (Lipinski definition) is 5. The van der Waals surface area contributed by atoms with Gasteiger partial charge in [-0.3, -0.25) is 14.4 Å². The molecule has 0 unspecified atom stereocenters. The fraction of sp³-hybridized carbons (Fsp3) is 0.733. The summed E-state index contributed by atoms with van der Waals surface area (Å²) in [5.74, 6) is -2.86. The Balaban J connectivity index is 4.21. The number of carboxylic acid groups (broad SMARTS) is 1. The maximum Gasteiger partial charge on any atom is 0.243 e. The summed E-state index contributed by atoms with van der Waals surface area (Å²) in [4.78, 5) is 45.9. The number of quaternary nitrogens is 1. The maximum atomic E-state index is 12.0. The summed E-state index contributed by atoms with van der Waals surface area (Å²) in [5.41, 5.74) is 5.25. The standard InChI is InChI=1S/C15H29N5O5S/c1-20(2,3)7-6-17-13(22)8-18-14(23)11(9-26)19-12(21)5-4-10(16)15(24)25/h10-11H,4-9,16H2,1-3H3,(H4-,17,18,19,21,22,23,24,25,26)/t10-,11-/m0/s1. The van der Waals surface area contributed by atoms with Crippen molar-refractivity contribution < 1.29 is 28.8 Å². The second-order valence-electron chi connectivity index (χ2n) is 6.85. The molecule has 0 aliphatic rings. The highest BCUT2D eigenvalue weighted by Gasteiger charge is 2.20. The molecule has 0 saturated carbocycles. The third kappa shape index (κ3) is 11.7. The van der Waals surface area contributed by atoms with Gasteiger partial charge in [0.05, 0.1) is 46.7 Å². The number of nitrogens with one attached hydrogen (secondary N) is 3. The molecule has 0 aromatic heterocycles. The first-order valence-electron chi connectivity index (χ1n) is 8.17. The van der Waals surface area contributed by atoms with Gasteiger partial charge in [-0.15, -0.1) is 0 Å². The zero-order valence-corrected chi connectivity index (χ0v) is 16.3. The molecule has 0 radical (unpaired) electrons. The third-order valence-electron chi connectivity index (χ3n) is 3.35. The van der Waals surface area contributed by atoms with E-state index in [1.54, 1.807) is 0 Å². The van der Waals surface area contributed by atoms with Crippen molar-refractivity contribution >= 4 is 36.3 Å². The summed E-state index contributed by atoms with van der Waals surface area (Å²) >= 11 is 4.00. The first kappa shape index (κ1) is 24.1. The van der Waals surface area contributed by atoms with Gasteiger partial charge in [0.1, 0.15) is 6.04 Å². The van der Waals surface area contributed by atoms with Gasteiger partial charge in [0.25, 0.3) is 0 Å². The SMILES string of the molecule is C[N+](C)(C)CCNC(=O)CNC(=O)[C@H](CS)NC(=O)CC[C@H](N)C(=O)[O-].